The maximum atomic E-state index is 11.8. The Morgan fingerprint density at radius 1 is 1.50 bits per heavy atom. The first-order valence-corrected chi connectivity index (χ1v) is 5.09. The van der Waals surface area contributed by atoms with Gasteiger partial charge in [0, 0.05) is 0 Å². The summed E-state index contributed by atoms with van der Waals surface area (Å²) in [5, 5.41) is 0. The molecule has 0 bridgehead atoms. The highest BCUT2D eigenvalue weighted by atomic mass is 32.3. The summed E-state index contributed by atoms with van der Waals surface area (Å²) in [5.74, 6) is -1.48. The molecule has 12 heavy (non-hydrogen) atoms. The van der Waals surface area contributed by atoms with Crippen LogP contribution in [0.15, 0.2) is 0 Å². The van der Waals surface area contributed by atoms with Gasteiger partial charge in [-0.2, -0.15) is 8.42 Å². The molecule has 0 rings (SSSR count). The van der Waals surface area contributed by atoms with Gasteiger partial charge < -0.3 is 4.74 Å². The van der Waals surface area contributed by atoms with Gasteiger partial charge in [-0.15, -0.1) is 3.89 Å². The lowest BCUT2D eigenvalue weighted by molar-refractivity contribution is -0.143. The van der Waals surface area contributed by atoms with E-state index in [1.54, 1.807) is 6.92 Å². The maximum Gasteiger partial charge on any atom is 0.306 e. The van der Waals surface area contributed by atoms with Crippen molar-refractivity contribution in [1.82, 2.24) is 0 Å². The molecule has 0 aromatic heterocycles. The monoisotopic (exact) mass is 198 g/mol. The van der Waals surface area contributed by atoms with Crippen molar-refractivity contribution in [2.45, 2.75) is 19.8 Å². The normalized spacial score (nSPS) is 11.2. The van der Waals surface area contributed by atoms with Crippen LogP contribution in [0.1, 0.15) is 19.8 Å². The molecule has 0 unspecified atom stereocenters. The van der Waals surface area contributed by atoms with Crippen molar-refractivity contribution in [2.75, 3.05) is 12.4 Å². The predicted molar refractivity (Wildman–Crippen MR) is 40.8 cm³/mol. The number of esters is 1. The molecule has 0 spiro atoms. The van der Waals surface area contributed by atoms with E-state index in [1.165, 1.54) is 0 Å². The number of halogens is 1. The highest BCUT2D eigenvalue weighted by molar-refractivity contribution is 7.86. The van der Waals surface area contributed by atoms with Crippen LogP contribution < -0.4 is 0 Å². The summed E-state index contributed by atoms with van der Waals surface area (Å²) in [6, 6.07) is 0. The Bertz CT molecular complexity index is 234. The van der Waals surface area contributed by atoms with Crippen molar-refractivity contribution in [3.8, 4) is 0 Å². The fraction of sp³-hybridized carbons (Fsp3) is 0.833. The Morgan fingerprint density at radius 3 is 2.50 bits per heavy atom. The minimum Gasteiger partial charge on any atom is -0.466 e. The SMILES string of the molecule is CCCOC(=O)CCS(=O)(=O)F. The lowest BCUT2D eigenvalue weighted by Gasteiger charge is -1.99. The van der Waals surface area contributed by atoms with Crippen molar-refractivity contribution in [2.24, 2.45) is 0 Å². The Labute approximate surface area is 70.9 Å². The third kappa shape index (κ3) is 7.46. The first-order chi connectivity index (χ1) is 5.45. The van der Waals surface area contributed by atoms with Crippen LogP contribution in [-0.4, -0.2) is 26.7 Å². The highest BCUT2D eigenvalue weighted by Gasteiger charge is 2.11. The first-order valence-electron chi connectivity index (χ1n) is 3.53. The molecule has 0 saturated heterocycles. The molecule has 0 aliphatic carbocycles. The van der Waals surface area contributed by atoms with Gasteiger partial charge in [0.25, 0.3) is 0 Å². The van der Waals surface area contributed by atoms with Crippen LogP contribution in [0, 0.1) is 0 Å². The van der Waals surface area contributed by atoms with Gasteiger partial charge in [-0.05, 0) is 6.42 Å². The third-order valence-electron chi connectivity index (χ3n) is 1.02. The Morgan fingerprint density at radius 2 is 2.08 bits per heavy atom. The number of hydrogen-bond donors (Lipinski definition) is 0. The minimum absolute atomic E-state index is 0.241. The number of hydrogen-bond acceptors (Lipinski definition) is 4. The second-order valence-corrected chi connectivity index (χ2v) is 3.70. The average molecular weight is 198 g/mol. The van der Waals surface area contributed by atoms with E-state index in [1.807, 2.05) is 0 Å². The summed E-state index contributed by atoms with van der Waals surface area (Å²) in [4.78, 5) is 10.6. The summed E-state index contributed by atoms with van der Waals surface area (Å²) < 4.78 is 36.2. The standard InChI is InChI=1S/C6H11FO4S/c1-2-4-11-6(8)3-5-12(7,9)10/h2-5H2,1H3. The molecule has 0 amide bonds. The molecule has 0 heterocycles. The Kier molecular flexibility index (Phi) is 4.80. The second kappa shape index (κ2) is 5.08. The van der Waals surface area contributed by atoms with Crippen LogP contribution in [0.2, 0.25) is 0 Å². The molecule has 0 saturated carbocycles. The molecule has 0 aromatic rings. The second-order valence-electron chi connectivity index (χ2n) is 2.21. The van der Waals surface area contributed by atoms with Crippen LogP contribution >= 0.6 is 0 Å². The van der Waals surface area contributed by atoms with Crippen molar-refractivity contribution >= 4 is 16.2 Å². The first kappa shape index (κ1) is 11.4. The largest absolute Gasteiger partial charge is 0.466 e. The fourth-order valence-electron chi connectivity index (χ4n) is 0.493. The maximum absolute atomic E-state index is 11.8. The topological polar surface area (TPSA) is 60.4 Å². The molecule has 0 aliphatic rings. The molecule has 72 valence electrons. The predicted octanol–water partition coefficient (Wildman–Crippen LogP) is 0.629. The van der Waals surface area contributed by atoms with E-state index in [-0.39, 0.29) is 6.61 Å². The summed E-state index contributed by atoms with van der Waals surface area (Å²) in [7, 11) is -4.55. The van der Waals surface area contributed by atoms with Crippen molar-refractivity contribution in [1.29, 1.82) is 0 Å². The van der Waals surface area contributed by atoms with E-state index in [9.17, 15) is 17.1 Å². The summed E-state index contributed by atoms with van der Waals surface area (Å²) >= 11 is 0. The van der Waals surface area contributed by atoms with Gasteiger partial charge in [0.15, 0.2) is 0 Å². The molecule has 0 aromatic carbocycles. The average Bonchev–Trinajstić information content (AvgIpc) is 1.95. The molecule has 6 heteroatoms. The molecule has 0 N–H and O–H groups in total. The van der Waals surface area contributed by atoms with Crippen LogP contribution in [0.4, 0.5) is 3.89 Å². The van der Waals surface area contributed by atoms with Gasteiger partial charge in [0.2, 0.25) is 0 Å². The molecule has 0 radical (unpaired) electrons. The Balaban J connectivity index is 3.58. The third-order valence-corrected chi connectivity index (χ3v) is 1.71. The van der Waals surface area contributed by atoms with Crippen LogP contribution in [-0.2, 0) is 19.8 Å². The minimum atomic E-state index is -4.55. The van der Waals surface area contributed by atoms with Crippen LogP contribution in [0.3, 0.4) is 0 Å². The highest BCUT2D eigenvalue weighted by Crippen LogP contribution is 1.96. The van der Waals surface area contributed by atoms with E-state index in [2.05, 4.69) is 4.74 Å². The zero-order chi connectivity index (χ0) is 9.61. The Hall–Kier alpha value is -0.650. The van der Waals surface area contributed by atoms with Gasteiger partial charge in [-0.25, -0.2) is 0 Å². The van der Waals surface area contributed by atoms with Crippen molar-refractivity contribution < 1.29 is 21.8 Å². The van der Waals surface area contributed by atoms with E-state index < -0.39 is 28.4 Å². The molecular weight excluding hydrogens is 187 g/mol. The zero-order valence-electron chi connectivity index (χ0n) is 6.75. The lowest BCUT2D eigenvalue weighted by Crippen LogP contribution is -2.10. The van der Waals surface area contributed by atoms with Crippen LogP contribution in [0.5, 0.6) is 0 Å². The lowest BCUT2D eigenvalue weighted by atomic mass is 10.5. The summed E-state index contributed by atoms with van der Waals surface area (Å²) in [6.07, 6.45) is 0.243. The van der Waals surface area contributed by atoms with E-state index in [4.69, 9.17) is 0 Å². The van der Waals surface area contributed by atoms with Gasteiger partial charge in [-0.3, -0.25) is 4.79 Å². The fourth-order valence-corrected chi connectivity index (χ4v) is 0.904. The van der Waals surface area contributed by atoms with Gasteiger partial charge in [0.05, 0.1) is 18.8 Å². The molecule has 4 nitrogen and oxygen atoms in total. The quantitative estimate of drug-likeness (QED) is 0.480. The summed E-state index contributed by atoms with van der Waals surface area (Å²) in [5.41, 5.74) is 0. The van der Waals surface area contributed by atoms with Gasteiger partial charge >= 0.3 is 16.2 Å². The number of rotatable bonds is 5. The zero-order valence-corrected chi connectivity index (χ0v) is 7.56. The van der Waals surface area contributed by atoms with E-state index in [0.29, 0.717) is 6.42 Å². The molecular formula is C6H11FO4S. The smallest absolute Gasteiger partial charge is 0.306 e. The number of ether oxygens (including phenoxy) is 1. The van der Waals surface area contributed by atoms with Crippen molar-refractivity contribution in [3.63, 3.8) is 0 Å². The van der Waals surface area contributed by atoms with E-state index in [0.717, 1.165) is 0 Å². The summed E-state index contributed by atoms with van der Waals surface area (Å²) in [6.45, 7) is 2.05. The van der Waals surface area contributed by atoms with Crippen molar-refractivity contribution in [3.05, 3.63) is 0 Å². The van der Waals surface area contributed by atoms with Gasteiger partial charge in [0.1, 0.15) is 0 Å². The molecule has 0 aliphatic heterocycles. The number of carbonyl (C=O) groups excluding carboxylic acids is 1. The van der Waals surface area contributed by atoms with E-state index >= 15 is 0 Å². The molecule has 0 fully saturated rings. The van der Waals surface area contributed by atoms with Crippen LogP contribution in [0.25, 0.3) is 0 Å². The van der Waals surface area contributed by atoms with Gasteiger partial charge in [-0.1, -0.05) is 6.92 Å². The number of carbonyl (C=O) groups is 1. The molecule has 0 atom stereocenters.